The fourth-order valence-electron chi connectivity index (χ4n) is 1.64. The van der Waals surface area contributed by atoms with E-state index in [9.17, 15) is 4.79 Å². The summed E-state index contributed by atoms with van der Waals surface area (Å²) in [7, 11) is 0. The largest absolute Gasteiger partial charge is 0.465 e. The molecule has 0 aromatic carbocycles. The molecular weight excluding hydrogens is 218 g/mol. The van der Waals surface area contributed by atoms with Gasteiger partial charge in [0, 0.05) is 12.2 Å². The van der Waals surface area contributed by atoms with Crippen LogP contribution in [0.1, 0.15) is 11.5 Å². The van der Waals surface area contributed by atoms with E-state index >= 15 is 0 Å². The molecule has 84 valence electrons. The number of hydrogen-bond donors (Lipinski definition) is 1. The third-order valence-corrected chi connectivity index (χ3v) is 2.43. The fraction of sp³-hybridized carbons (Fsp3) is 0. The number of nitrogens with one attached hydrogen (secondary N) is 1. The standard InChI is InChI=1S/C13H9NO3/c15-12-8-11(13-4-2-6-17-13)14-10(12)7-9-3-1-5-16-9/h1-8,14H. The van der Waals surface area contributed by atoms with Crippen LogP contribution < -0.4 is 5.32 Å². The molecule has 1 aliphatic heterocycles. The minimum absolute atomic E-state index is 0.0900. The van der Waals surface area contributed by atoms with Gasteiger partial charge in [-0.1, -0.05) is 0 Å². The fourth-order valence-corrected chi connectivity index (χ4v) is 1.64. The number of carbonyl (C=O) groups is 1. The van der Waals surface area contributed by atoms with E-state index in [1.165, 1.54) is 6.08 Å². The SMILES string of the molecule is O=C1C=C(c2ccco2)NC1=Cc1ccco1. The van der Waals surface area contributed by atoms with Crippen LogP contribution in [0.25, 0.3) is 11.8 Å². The highest BCUT2D eigenvalue weighted by Crippen LogP contribution is 2.21. The van der Waals surface area contributed by atoms with E-state index < -0.39 is 0 Å². The molecule has 0 bridgehead atoms. The molecule has 0 unspecified atom stereocenters. The Bertz CT molecular complexity index is 589. The molecule has 17 heavy (non-hydrogen) atoms. The zero-order valence-corrected chi connectivity index (χ0v) is 8.84. The molecule has 2 aromatic rings. The van der Waals surface area contributed by atoms with Gasteiger partial charge in [-0.05, 0) is 24.3 Å². The smallest absolute Gasteiger partial charge is 0.204 e. The number of allylic oxidation sites excluding steroid dienone is 1. The van der Waals surface area contributed by atoms with Gasteiger partial charge >= 0.3 is 0 Å². The first-order chi connectivity index (χ1) is 8.33. The Labute approximate surface area is 97.2 Å². The Kier molecular flexibility index (Phi) is 2.19. The topological polar surface area (TPSA) is 55.4 Å². The Balaban J connectivity index is 1.87. The maximum absolute atomic E-state index is 11.7. The first-order valence-electron chi connectivity index (χ1n) is 5.15. The summed E-state index contributed by atoms with van der Waals surface area (Å²) in [5.74, 6) is 1.18. The van der Waals surface area contributed by atoms with Gasteiger partial charge in [0.25, 0.3) is 0 Å². The molecule has 3 heterocycles. The summed E-state index contributed by atoms with van der Waals surface area (Å²) in [6.45, 7) is 0. The maximum atomic E-state index is 11.7. The molecule has 2 aromatic heterocycles. The molecule has 0 spiro atoms. The van der Waals surface area contributed by atoms with E-state index in [1.54, 1.807) is 42.9 Å². The first kappa shape index (κ1) is 9.72. The van der Waals surface area contributed by atoms with Crippen LogP contribution in [0.2, 0.25) is 0 Å². The van der Waals surface area contributed by atoms with Crippen molar-refractivity contribution >= 4 is 17.6 Å². The molecule has 0 saturated heterocycles. The predicted octanol–water partition coefficient (Wildman–Crippen LogP) is 2.43. The van der Waals surface area contributed by atoms with Crippen molar-refractivity contribution in [3.05, 3.63) is 60.1 Å². The predicted molar refractivity (Wildman–Crippen MR) is 61.5 cm³/mol. The Hall–Kier alpha value is -2.49. The van der Waals surface area contributed by atoms with E-state index in [1.807, 2.05) is 0 Å². The summed E-state index contributed by atoms with van der Waals surface area (Å²) in [4.78, 5) is 11.7. The molecule has 1 N–H and O–H groups in total. The molecule has 4 heteroatoms. The minimum atomic E-state index is -0.0900. The highest BCUT2D eigenvalue weighted by molar-refractivity contribution is 6.14. The van der Waals surface area contributed by atoms with E-state index in [4.69, 9.17) is 8.83 Å². The lowest BCUT2D eigenvalue weighted by molar-refractivity contribution is -0.111. The van der Waals surface area contributed by atoms with Crippen LogP contribution in [-0.2, 0) is 4.79 Å². The van der Waals surface area contributed by atoms with E-state index in [-0.39, 0.29) is 5.78 Å². The Morgan fingerprint density at radius 1 is 1.12 bits per heavy atom. The van der Waals surface area contributed by atoms with Crippen LogP contribution in [0, 0.1) is 0 Å². The molecule has 0 atom stereocenters. The molecule has 0 radical (unpaired) electrons. The average Bonchev–Trinajstić information content (AvgIpc) is 3.02. The van der Waals surface area contributed by atoms with Crippen molar-refractivity contribution in [3.8, 4) is 0 Å². The quantitative estimate of drug-likeness (QED) is 0.800. The number of ketones is 1. The Morgan fingerprint density at radius 2 is 1.94 bits per heavy atom. The van der Waals surface area contributed by atoms with Gasteiger partial charge in [-0.2, -0.15) is 0 Å². The summed E-state index contributed by atoms with van der Waals surface area (Å²) in [5, 5.41) is 3.00. The van der Waals surface area contributed by atoms with Crippen molar-refractivity contribution in [3.63, 3.8) is 0 Å². The van der Waals surface area contributed by atoms with Crippen LogP contribution in [0.15, 0.2) is 57.4 Å². The second kappa shape index (κ2) is 3.83. The van der Waals surface area contributed by atoms with Gasteiger partial charge in [0.15, 0.2) is 0 Å². The van der Waals surface area contributed by atoms with Crippen molar-refractivity contribution in [1.82, 2.24) is 5.32 Å². The van der Waals surface area contributed by atoms with Crippen LogP contribution in [0.5, 0.6) is 0 Å². The summed E-state index contributed by atoms with van der Waals surface area (Å²) < 4.78 is 10.4. The molecular formula is C13H9NO3. The highest BCUT2D eigenvalue weighted by Gasteiger charge is 2.20. The van der Waals surface area contributed by atoms with Gasteiger partial charge in [0.2, 0.25) is 5.78 Å². The van der Waals surface area contributed by atoms with E-state index in [0.29, 0.717) is 22.9 Å². The van der Waals surface area contributed by atoms with Gasteiger partial charge in [0.1, 0.15) is 11.5 Å². The number of hydrogen-bond acceptors (Lipinski definition) is 4. The van der Waals surface area contributed by atoms with Crippen molar-refractivity contribution in [2.45, 2.75) is 0 Å². The average molecular weight is 227 g/mol. The third kappa shape index (κ3) is 1.80. The van der Waals surface area contributed by atoms with Gasteiger partial charge in [-0.15, -0.1) is 0 Å². The highest BCUT2D eigenvalue weighted by atomic mass is 16.3. The van der Waals surface area contributed by atoms with Crippen LogP contribution in [-0.4, -0.2) is 5.78 Å². The van der Waals surface area contributed by atoms with Crippen LogP contribution >= 0.6 is 0 Å². The number of rotatable bonds is 2. The third-order valence-electron chi connectivity index (χ3n) is 2.43. The lowest BCUT2D eigenvalue weighted by Gasteiger charge is -2.00. The molecule has 3 rings (SSSR count). The number of furan rings is 2. The van der Waals surface area contributed by atoms with Crippen molar-refractivity contribution < 1.29 is 13.6 Å². The zero-order chi connectivity index (χ0) is 11.7. The molecule has 4 nitrogen and oxygen atoms in total. The maximum Gasteiger partial charge on any atom is 0.204 e. The van der Waals surface area contributed by atoms with Gasteiger partial charge in [-0.25, -0.2) is 0 Å². The second-order valence-electron chi connectivity index (χ2n) is 3.60. The first-order valence-corrected chi connectivity index (χ1v) is 5.15. The van der Waals surface area contributed by atoms with Gasteiger partial charge < -0.3 is 14.2 Å². The van der Waals surface area contributed by atoms with Crippen LogP contribution in [0.3, 0.4) is 0 Å². The van der Waals surface area contributed by atoms with E-state index in [0.717, 1.165) is 0 Å². The minimum Gasteiger partial charge on any atom is -0.465 e. The normalized spacial score (nSPS) is 17.3. The van der Waals surface area contributed by atoms with Crippen molar-refractivity contribution in [1.29, 1.82) is 0 Å². The lowest BCUT2D eigenvalue weighted by atomic mass is 10.2. The lowest BCUT2D eigenvalue weighted by Crippen LogP contribution is -2.08. The monoisotopic (exact) mass is 227 g/mol. The van der Waals surface area contributed by atoms with Crippen molar-refractivity contribution in [2.24, 2.45) is 0 Å². The molecule has 0 aliphatic carbocycles. The number of carbonyl (C=O) groups excluding carboxylic acids is 1. The van der Waals surface area contributed by atoms with E-state index in [2.05, 4.69) is 5.32 Å². The Morgan fingerprint density at radius 3 is 2.65 bits per heavy atom. The van der Waals surface area contributed by atoms with Gasteiger partial charge in [0.05, 0.1) is 23.9 Å². The summed E-state index contributed by atoms with van der Waals surface area (Å²) in [6, 6.07) is 7.12. The molecule has 0 fully saturated rings. The van der Waals surface area contributed by atoms with Gasteiger partial charge in [-0.3, -0.25) is 4.79 Å². The van der Waals surface area contributed by atoms with Crippen LogP contribution in [0.4, 0.5) is 0 Å². The summed E-state index contributed by atoms with van der Waals surface area (Å²) >= 11 is 0. The molecule has 1 aliphatic rings. The zero-order valence-electron chi connectivity index (χ0n) is 8.84. The summed E-state index contributed by atoms with van der Waals surface area (Å²) in [5.41, 5.74) is 1.14. The second-order valence-corrected chi connectivity index (χ2v) is 3.60. The van der Waals surface area contributed by atoms with Crippen molar-refractivity contribution in [2.75, 3.05) is 0 Å². The molecule has 0 amide bonds. The molecule has 0 saturated carbocycles. The summed E-state index contributed by atoms with van der Waals surface area (Å²) in [6.07, 6.45) is 6.30.